The summed E-state index contributed by atoms with van der Waals surface area (Å²) < 4.78 is 10.2. The summed E-state index contributed by atoms with van der Waals surface area (Å²) in [5.74, 6) is 0.344. The number of methoxy groups -OCH3 is 1. The Morgan fingerprint density at radius 1 is 1.19 bits per heavy atom. The van der Waals surface area contributed by atoms with Gasteiger partial charge in [0, 0.05) is 5.69 Å². The first-order valence-electron chi connectivity index (χ1n) is 8.66. The highest BCUT2D eigenvalue weighted by molar-refractivity contribution is 7.80. The van der Waals surface area contributed by atoms with Gasteiger partial charge < -0.3 is 20.1 Å². The molecule has 0 aliphatic heterocycles. The van der Waals surface area contributed by atoms with Crippen LogP contribution in [0.3, 0.4) is 0 Å². The van der Waals surface area contributed by atoms with E-state index in [0.29, 0.717) is 21.4 Å². The molecule has 0 saturated heterocycles. The van der Waals surface area contributed by atoms with Crippen LogP contribution in [0.1, 0.15) is 42.2 Å². The summed E-state index contributed by atoms with van der Waals surface area (Å²) in [5.41, 5.74) is 2.06. The number of ether oxygens (including phenoxy) is 2. The van der Waals surface area contributed by atoms with Gasteiger partial charge in [0.15, 0.2) is 5.11 Å². The zero-order valence-electron chi connectivity index (χ0n) is 15.5. The van der Waals surface area contributed by atoms with Crippen molar-refractivity contribution in [1.82, 2.24) is 5.32 Å². The van der Waals surface area contributed by atoms with E-state index in [1.807, 2.05) is 24.3 Å². The van der Waals surface area contributed by atoms with Gasteiger partial charge >= 0.3 is 5.97 Å². The Morgan fingerprint density at radius 3 is 2.48 bits per heavy atom. The molecule has 2 rings (SSSR count). The number of hydrogen-bond donors (Lipinski definition) is 2. The van der Waals surface area contributed by atoms with E-state index in [1.54, 1.807) is 32.2 Å². The van der Waals surface area contributed by atoms with Gasteiger partial charge in [-0.3, -0.25) is 0 Å². The predicted octanol–water partition coefficient (Wildman–Crippen LogP) is 4.96. The zero-order valence-corrected chi connectivity index (χ0v) is 17.1. The van der Waals surface area contributed by atoms with Crippen LogP contribution in [0.25, 0.3) is 0 Å². The molecule has 5 nitrogen and oxygen atoms in total. The van der Waals surface area contributed by atoms with Crippen LogP contribution >= 0.6 is 23.8 Å². The van der Waals surface area contributed by atoms with Crippen molar-refractivity contribution in [3.63, 3.8) is 0 Å². The number of hydrogen-bond acceptors (Lipinski definition) is 4. The van der Waals surface area contributed by atoms with Gasteiger partial charge in [-0.25, -0.2) is 4.79 Å². The number of anilines is 1. The molecule has 0 aliphatic carbocycles. The Balaban J connectivity index is 2.07. The number of benzene rings is 2. The fraction of sp³-hybridized carbons (Fsp3) is 0.300. The van der Waals surface area contributed by atoms with Crippen LogP contribution in [0, 0.1) is 0 Å². The maximum Gasteiger partial charge on any atom is 0.339 e. The van der Waals surface area contributed by atoms with E-state index in [4.69, 9.17) is 33.3 Å². The maximum atomic E-state index is 12.0. The maximum absolute atomic E-state index is 12.0. The SMILES string of the molecule is CCOC(=O)c1cc(NC(=S)NC(CC)c2ccc(OC)cc2)ccc1Cl. The minimum Gasteiger partial charge on any atom is -0.497 e. The van der Waals surface area contributed by atoms with Crippen LogP contribution in [0.2, 0.25) is 5.02 Å². The third kappa shape index (κ3) is 5.84. The van der Waals surface area contributed by atoms with E-state index < -0.39 is 5.97 Å². The highest BCUT2D eigenvalue weighted by Crippen LogP contribution is 2.23. The predicted molar refractivity (Wildman–Crippen MR) is 113 cm³/mol. The highest BCUT2D eigenvalue weighted by Gasteiger charge is 2.14. The second kappa shape index (κ2) is 10.1. The van der Waals surface area contributed by atoms with Crippen LogP contribution in [0.4, 0.5) is 5.69 Å². The summed E-state index contributed by atoms with van der Waals surface area (Å²) >= 11 is 11.5. The summed E-state index contributed by atoms with van der Waals surface area (Å²) in [6, 6.07) is 12.9. The molecule has 7 heteroatoms. The number of thiocarbonyl (C=S) groups is 1. The van der Waals surface area contributed by atoms with Gasteiger partial charge in [0.25, 0.3) is 0 Å². The Morgan fingerprint density at radius 2 is 1.89 bits per heavy atom. The number of carbonyl (C=O) groups excluding carboxylic acids is 1. The molecule has 144 valence electrons. The van der Waals surface area contributed by atoms with Gasteiger partial charge in [0.2, 0.25) is 0 Å². The molecule has 0 fully saturated rings. The molecule has 27 heavy (non-hydrogen) atoms. The molecule has 2 N–H and O–H groups in total. The molecular weight excluding hydrogens is 384 g/mol. The third-order valence-corrected chi connectivity index (χ3v) is 4.50. The van der Waals surface area contributed by atoms with Crippen molar-refractivity contribution in [2.45, 2.75) is 26.3 Å². The summed E-state index contributed by atoms with van der Waals surface area (Å²) in [6.07, 6.45) is 0.850. The fourth-order valence-corrected chi connectivity index (χ4v) is 3.01. The molecule has 1 unspecified atom stereocenters. The second-order valence-electron chi connectivity index (χ2n) is 5.75. The normalized spacial score (nSPS) is 11.4. The van der Waals surface area contributed by atoms with Crippen LogP contribution in [-0.4, -0.2) is 24.8 Å². The zero-order chi connectivity index (χ0) is 19.8. The smallest absolute Gasteiger partial charge is 0.339 e. The Kier molecular flexibility index (Phi) is 7.88. The molecule has 0 spiro atoms. The third-order valence-electron chi connectivity index (χ3n) is 3.95. The lowest BCUT2D eigenvalue weighted by atomic mass is 10.0. The van der Waals surface area contributed by atoms with Crippen molar-refractivity contribution >= 4 is 40.6 Å². The van der Waals surface area contributed by atoms with Crippen molar-refractivity contribution in [2.24, 2.45) is 0 Å². The molecule has 2 aromatic carbocycles. The molecular formula is C20H23ClN2O3S. The first-order valence-corrected chi connectivity index (χ1v) is 9.45. The summed E-state index contributed by atoms with van der Waals surface area (Å²) in [4.78, 5) is 12.0. The molecule has 2 aromatic rings. The topological polar surface area (TPSA) is 59.6 Å². The van der Waals surface area contributed by atoms with E-state index in [9.17, 15) is 4.79 Å². The second-order valence-corrected chi connectivity index (χ2v) is 6.56. The lowest BCUT2D eigenvalue weighted by Crippen LogP contribution is -2.32. The molecule has 0 radical (unpaired) electrons. The van der Waals surface area contributed by atoms with Crippen molar-refractivity contribution in [3.05, 3.63) is 58.6 Å². The summed E-state index contributed by atoms with van der Waals surface area (Å²) in [6.45, 7) is 4.11. The molecule has 0 saturated carbocycles. The fourth-order valence-electron chi connectivity index (χ4n) is 2.55. The van der Waals surface area contributed by atoms with Gasteiger partial charge in [-0.15, -0.1) is 0 Å². The molecule has 0 aromatic heterocycles. The van der Waals surface area contributed by atoms with E-state index in [-0.39, 0.29) is 12.6 Å². The van der Waals surface area contributed by atoms with Crippen LogP contribution < -0.4 is 15.4 Å². The standard InChI is InChI=1S/C20H23ClN2O3S/c1-4-18(13-6-9-15(25-3)10-7-13)23-20(27)22-14-8-11-17(21)16(12-14)19(24)26-5-2/h6-12,18H,4-5H2,1-3H3,(H2,22,23,27). The number of nitrogens with one attached hydrogen (secondary N) is 2. The number of halogens is 1. The van der Waals surface area contributed by atoms with Gasteiger partial charge in [-0.2, -0.15) is 0 Å². The summed E-state index contributed by atoms with van der Waals surface area (Å²) in [5, 5.41) is 7.17. The first-order chi connectivity index (χ1) is 13.0. The van der Waals surface area contributed by atoms with Crippen molar-refractivity contribution in [1.29, 1.82) is 0 Å². The van der Waals surface area contributed by atoms with Crippen LogP contribution in [-0.2, 0) is 4.74 Å². The Hall–Kier alpha value is -2.31. The number of rotatable bonds is 7. The van der Waals surface area contributed by atoms with Crippen molar-refractivity contribution in [3.8, 4) is 5.75 Å². The minimum atomic E-state index is -0.463. The average Bonchev–Trinajstić information content (AvgIpc) is 2.68. The largest absolute Gasteiger partial charge is 0.497 e. The first kappa shape index (κ1) is 21.0. The van der Waals surface area contributed by atoms with E-state index in [0.717, 1.165) is 17.7 Å². The average molecular weight is 407 g/mol. The Labute approximate surface area is 170 Å². The van der Waals surface area contributed by atoms with E-state index >= 15 is 0 Å². The summed E-state index contributed by atoms with van der Waals surface area (Å²) in [7, 11) is 1.64. The van der Waals surface area contributed by atoms with Gasteiger partial charge in [0.1, 0.15) is 5.75 Å². The Bertz CT molecular complexity index is 796. The molecule has 0 aliphatic rings. The molecule has 0 bridgehead atoms. The lowest BCUT2D eigenvalue weighted by molar-refractivity contribution is 0.0526. The van der Waals surface area contributed by atoms with E-state index in [2.05, 4.69) is 17.6 Å². The molecule has 0 heterocycles. The monoisotopic (exact) mass is 406 g/mol. The highest BCUT2D eigenvalue weighted by atomic mass is 35.5. The number of carbonyl (C=O) groups is 1. The quantitative estimate of drug-likeness (QED) is 0.500. The van der Waals surface area contributed by atoms with E-state index in [1.165, 1.54) is 0 Å². The molecule has 0 amide bonds. The van der Waals surface area contributed by atoms with Gasteiger partial charge in [-0.05, 0) is 61.5 Å². The molecule has 1 atom stereocenters. The van der Waals surface area contributed by atoms with Crippen molar-refractivity contribution < 1.29 is 14.3 Å². The lowest BCUT2D eigenvalue weighted by Gasteiger charge is -2.20. The van der Waals surface area contributed by atoms with Crippen LogP contribution in [0.5, 0.6) is 5.75 Å². The minimum absolute atomic E-state index is 0.0488. The van der Waals surface area contributed by atoms with Gasteiger partial charge in [0.05, 0.1) is 30.3 Å². The van der Waals surface area contributed by atoms with Crippen LogP contribution in [0.15, 0.2) is 42.5 Å². The van der Waals surface area contributed by atoms with Gasteiger partial charge in [-0.1, -0.05) is 30.7 Å². The van der Waals surface area contributed by atoms with Crippen molar-refractivity contribution in [2.75, 3.05) is 19.0 Å². The number of esters is 1.